The Bertz CT molecular complexity index is 649. The van der Waals surface area contributed by atoms with Crippen molar-refractivity contribution in [2.24, 2.45) is 16.3 Å². The number of nitrogens with one attached hydrogen (secondary N) is 2. The molecule has 1 aromatic carbocycles. The number of halogens is 1. The summed E-state index contributed by atoms with van der Waals surface area (Å²) in [6, 6.07) is 9.12. The number of hydrogen-bond donors (Lipinski definition) is 2. The third kappa shape index (κ3) is 4.70. The predicted molar refractivity (Wildman–Crippen MR) is 124 cm³/mol. The standard InChI is InChI=1S/C21H34N4O.HI/c1-6-25(16-9-7-8-15(2)14-16)12-11-23-20(22-5)24-18-17-10-13-26-19(17)21(18,3)4;/h7-9,14,17-19H,6,10-13H2,1-5H3,(H2,22,23,24);1H. The summed E-state index contributed by atoms with van der Waals surface area (Å²) in [5, 5.41) is 7.14. The second kappa shape index (κ2) is 9.45. The van der Waals surface area contributed by atoms with E-state index in [-0.39, 0.29) is 29.4 Å². The maximum absolute atomic E-state index is 5.89. The van der Waals surface area contributed by atoms with Crippen LogP contribution in [0.1, 0.15) is 32.8 Å². The van der Waals surface area contributed by atoms with Gasteiger partial charge in [-0.05, 0) is 38.0 Å². The van der Waals surface area contributed by atoms with Gasteiger partial charge in [0.05, 0.1) is 6.10 Å². The maximum Gasteiger partial charge on any atom is 0.191 e. The summed E-state index contributed by atoms with van der Waals surface area (Å²) in [7, 11) is 1.85. The molecule has 2 aliphatic rings. The molecule has 0 radical (unpaired) electrons. The van der Waals surface area contributed by atoms with Crippen LogP contribution < -0.4 is 15.5 Å². The van der Waals surface area contributed by atoms with Crippen LogP contribution in [-0.2, 0) is 4.74 Å². The minimum absolute atomic E-state index is 0. The minimum atomic E-state index is 0. The fraction of sp³-hybridized carbons (Fsp3) is 0.667. The van der Waals surface area contributed by atoms with Crippen LogP contribution in [0.5, 0.6) is 0 Å². The van der Waals surface area contributed by atoms with Gasteiger partial charge in [-0.2, -0.15) is 0 Å². The largest absolute Gasteiger partial charge is 0.377 e. The summed E-state index contributed by atoms with van der Waals surface area (Å²) < 4.78 is 5.89. The molecule has 1 saturated carbocycles. The number of fused-ring (bicyclic) bond motifs is 1. The Kier molecular flexibility index (Phi) is 7.80. The average Bonchev–Trinajstić information content (AvgIpc) is 3.08. The smallest absolute Gasteiger partial charge is 0.191 e. The lowest BCUT2D eigenvalue weighted by molar-refractivity contribution is -0.106. The lowest BCUT2D eigenvalue weighted by Gasteiger charge is -2.54. The summed E-state index contributed by atoms with van der Waals surface area (Å²) in [4.78, 5) is 6.82. The number of benzene rings is 1. The second-order valence-electron chi connectivity index (χ2n) is 8.10. The van der Waals surface area contributed by atoms with Gasteiger partial charge in [-0.1, -0.05) is 26.0 Å². The molecule has 0 bridgehead atoms. The van der Waals surface area contributed by atoms with E-state index in [2.05, 4.69) is 72.5 Å². The highest BCUT2D eigenvalue weighted by atomic mass is 127. The Morgan fingerprint density at radius 2 is 2.15 bits per heavy atom. The molecule has 5 nitrogen and oxygen atoms in total. The SMILES string of the molecule is CCN(CCNC(=NC)NC1C2CCOC2C1(C)C)c1cccc(C)c1.I. The van der Waals surface area contributed by atoms with Gasteiger partial charge in [0.2, 0.25) is 0 Å². The summed E-state index contributed by atoms with van der Waals surface area (Å²) in [6.45, 7) is 12.6. The van der Waals surface area contributed by atoms with Crippen LogP contribution in [0.3, 0.4) is 0 Å². The fourth-order valence-corrected chi connectivity index (χ4v) is 4.56. The number of likely N-dealkylation sites (N-methyl/N-ethyl adjacent to an activating group) is 1. The van der Waals surface area contributed by atoms with E-state index in [0.717, 1.165) is 38.6 Å². The van der Waals surface area contributed by atoms with Crippen molar-refractivity contribution in [3.63, 3.8) is 0 Å². The monoisotopic (exact) mass is 486 g/mol. The molecule has 1 aromatic rings. The topological polar surface area (TPSA) is 48.9 Å². The fourth-order valence-electron chi connectivity index (χ4n) is 4.56. The van der Waals surface area contributed by atoms with Crippen LogP contribution in [0.4, 0.5) is 5.69 Å². The first-order chi connectivity index (χ1) is 12.5. The molecule has 3 atom stereocenters. The van der Waals surface area contributed by atoms with E-state index >= 15 is 0 Å². The van der Waals surface area contributed by atoms with E-state index in [1.165, 1.54) is 11.3 Å². The molecule has 3 unspecified atom stereocenters. The Balaban J connectivity index is 0.00000261. The summed E-state index contributed by atoms with van der Waals surface area (Å²) in [5.41, 5.74) is 2.74. The van der Waals surface area contributed by atoms with Crippen molar-refractivity contribution in [3.8, 4) is 0 Å². The predicted octanol–water partition coefficient (Wildman–Crippen LogP) is 3.42. The minimum Gasteiger partial charge on any atom is -0.377 e. The Morgan fingerprint density at radius 3 is 2.81 bits per heavy atom. The molecule has 1 aliphatic heterocycles. The lowest BCUT2D eigenvalue weighted by Crippen LogP contribution is -2.68. The van der Waals surface area contributed by atoms with Gasteiger partial charge in [0, 0.05) is 56.4 Å². The highest BCUT2D eigenvalue weighted by molar-refractivity contribution is 14.0. The molecule has 27 heavy (non-hydrogen) atoms. The first-order valence-electron chi connectivity index (χ1n) is 9.87. The molecule has 6 heteroatoms. The van der Waals surface area contributed by atoms with Crippen molar-refractivity contribution in [2.75, 3.05) is 38.2 Å². The highest BCUT2D eigenvalue weighted by Crippen LogP contribution is 2.52. The van der Waals surface area contributed by atoms with E-state index in [9.17, 15) is 0 Å². The average molecular weight is 486 g/mol. The van der Waals surface area contributed by atoms with Gasteiger partial charge >= 0.3 is 0 Å². The number of aliphatic imine (C=N–C) groups is 1. The molecule has 0 amide bonds. The van der Waals surface area contributed by atoms with Gasteiger partial charge in [-0.15, -0.1) is 24.0 Å². The van der Waals surface area contributed by atoms with Gasteiger partial charge < -0.3 is 20.3 Å². The summed E-state index contributed by atoms with van der Waals surface area (Å²) in [5.74, 6) is 1.51. The summed E-state index contributed by atoms with van der Waals surface area (Å²) >= 11 is 0. The Hall–Kier alpha value is -1.02. The van der Waals surface area contributed by atoms with Crippen molar-refractivity contribution in [1.29, 1.82) is 0 Å². The lowest BCUT2D eigenvalue weighted by atomic mass is 9.57. The second-order valence-corrected chi connectivity index (χ2v) is 8.10. The number of guanidine groups is 1. The van der Waals surface area contributed by atoms with E-state index < -0.39 is 0 Å². The Morgan fingerprint density at radius 1 is 1.37 bits per heavy atom. The number of nitrogens with zero attached hydrogens (tertiary/aromatic N) is 2. The van der Waals surface area contributed by atoms with Crippen LogP contribution >= 0.6 is 24.0 Å². The molecule has 1 heterocycles. The number of hydrogen-bond acceptors (Lipinski definition) is 3. The van der Waals surface area contributed by atoms with Gasteiger partial charge in [-0.25, -0.2) is 0 Å². The quantitative estimate of drug-likeness (QED) is 0.368. The van der Waals surface area contributed by atoms with Crippen molar-refractivity contribution in [3.05, 3.63) is 29.8 Å². The molecule has 2 fully saturated rings. The third-order valence-corrected chi connectivity index (χ3v) is 6.04. The molecule has 1 saturated heterocycles. The number of rotatable bonds is 6. The first kappa shape index (κ1) is 22.3. The zero-order valence-electron chi connectivity index (χ0n) is 17.3. The van der Waals surface area contributed by atoms with Crippen molar-refractivity contribution < 1.29 is 4.74 Å². The van der Waals surface area contributed by atoms with Crippen molar-refractivity contribution >= 4 is 35.6 Å². The van der Waals surface area contributed by atoms with E-state index in [1.54, 1.807) is 0 Å². The van der Waals surface area contributed by atoms with Crippen molar-refractivity contribution in [2.45, 2.75) is 46.3 Å². The van der Waals surface area contributed by atoms with Gasteiger partial charge in [0.25, 0.3) is 0 Å². The first-order valence-corrected chi connectivity index (χ1v) is 9.87. The van der Waals surface area contributed by atoms with Gasteiger partial charge in [0.15, 0.2) is 5.96 Å². The van der Waals surface area contributed by atoms with Crippen LogP contribution in [0.2, 0.25) is 0 Å². The van der Waals surface area contributed by atoms with Crippen LogP contribution in [0, 0.1) is 18.3 Å². The van der Waals surface area contributed by atoms with Crippen molar-refractivity contribution in [1.82, 2.24) is 10.6 Å². The Labute approximate surface area is 181 Å². The number of aryl methyl sites for hydroxylation is 1. The van der Waals surface area contributed by atoms with Gasteiger partial charge in [-0.3, -0.25) is 4.99 Å². The summed E-state index contributed by atoms with van der Waals surface area (Å²) in [6.07, 6.45) is 1.55. The van der Waals surface area contributed by atoms with Crippen LogP contribution in [0.15, 0.2) is 29.3 Å². The van der Waals surface area contributed by atoms with E-state index in [1.807, 2.05) is 7.05 Å². The zero-order valence-corrected chi connectivity index (χ0v) is 19.6. The normalized spacial score (nSPS) is 25.8. The number of anilines is 1. The number of ether oxygens (including phenoxy) is 1. The van der Waals surface area contributed by atoms with Crippen LogP contribution in [0.25, 0.3) is 0 Å². The molecule has 2 N–H and O–H groups in total. The molecule has 0 aromatic heterocycles. The molecule has 0 spiro atoms. The molecule has 152 valence electrons. The maximum atomic E-state index is 5.89. The molecule has 3 rings (SSSR count). The van der Waals surface area contributed by atoms with E-state index in [4.69, 9.17) is 4.74 Å². The molecular formula is C21H35IN4O. The van der Waals surface area contributed by atoms with Crippen LogP contribution in [-0.4, -0.2) is 51.4 Å². The highest BCUT2D eigenvalue weighted by Gasteiger charge is 2.59. The third-order valence-electron chi connectivity index (χ3n) is 6.04. The zero-order chi connectivity index (χ0) is 18.7. The molecular weight excluding hydrogens is 451 g/mol. The van der Waals surface area contributed by atoms with Gasteiger partial charge in [0.1, 0.15) is 0 Å². The van der Waals surface area contributed by atoms with E-state index in [0.29, 0.717) is 18.1 Å². The molecule has 1 aliphatic carbocycles.